The van der Waals surface area contributed by atoms with Gasteiger partial charge in [0, 0.05) is 5.56 Å². The van der Waals surface area contributed by atoms with Gasteiger partial charge in [-0.2, -0.15) is 0 Å². The molecule has 3 N–H and O–H groups in total. The van der Waals surface area contributed by atoms with Crippen molar-refractivity contribution in [2.24, 2.45) is 0 Å². The number of phenols is 3. The van der Waals surface area contributed by atoms with Gasteiger partial charge in [-0.15, -0.1) is 0 Å². The number of phenolic OH excluding ortho intramolecular Hbond substituents is 3. The molecule has 0 saturated carbocycles. The van der Waals surface area contributed by atoms with Crippen molar-refractivity contribution in [2.45, 2.75) is 20.0 Å². The molecule has 1 unspecified atom stereocenters. The molecule has 1 atom stereocenters. The molecule has 0 saturated heterocycles. The zero-order valence-corrected chi connectivity index (χ0v) is 12.6. The van der Waals surface area contributed by atoms with E-state index in [1.807, 2.05) is 6.92 Å². The van der Waals surface area contributed by atoms with Crippen LogP contribution < -0.4 is 0 Å². The van der Waals surface area contributed by atoms with Crippen molar-refractivity contribution in [1.29, 1.82) is 0 Å². The number of ether oxygens (including phenoxy) is 1. The minimum absolute atomic E-state index is 0.179. The first-order valence-electron chi connectivity index (χ1n) is 6.86. The topological polar surface area (TPSA) is 104 Å². The van der Waals surface area contributed by atoms with Crippen LogP contribution in [-0.2, 0) is 4.74 Å². The first-order valence-corrected chi connectivity index (χ1v) is 6.86. The van der Waals surface area contributed by atoms with Gasteiger partial charge < -0.3 is 20.1 Å². The van der Waals surface area contributed by atoms with E-state index in [0.717, 1.165) is 17.7 Å². The van der Waals surface area contributed by atoms with Gasteiger partial charge in [-0.05, 0) is 26.0 Å². The van der Waals surface area contributed by atoms with Crippen LogP contribution >= 0.6 is 0 Å². The van der Waals surface area contributed by atoms with Crippen LogP contribution in [0, 0.1) is 6.92 Å². The number of esters is 1. The number of hydrogen-bond acceptors (Lipinski definition) is 6. The molecule has 0 bridgehead atoms. The number of hydrogen-bond donors (Lipinski definition) is 3. The van der Waals surface area contributed by atoms with Crippen molar-refractivity contribution in [3.63, 3.8) is 0 Å². The highest BCUT2D eigenvalue weighted by atomic mass is 16.5. The van der Waals surface area contributed by atoms with Gasteiger partial charge in [-0.3, -0.25) is 4.79 Å². The summed E-state index contributed by atoms with van der Waals surface area (Å²) in [5.74, 6) is -3.32. The van der Waals surface area contributed by atoms with E-state index in [9.17, 15) is 24.9 Å². The Kier molecular flexibility index (Phi) is 4.55. The Morgan fingerprint density at radius 1 is 0.957 bits per heavy atom. The summed E-state index contributed by atoms with van der Waals surface area (Å²) in [4.78, 5) is 24.2. The molecule has 2 aromatic rings. The lowest BCUT2D eigenvalue weighted by Crippen LogP contribution is -2.24. The number of carbonyl (C=O) groups excluding carboxylic acids is 2. The van der Waals surface area contributed by atoms with Crippen LogP contribution in [0.2, 0.25) is 0 Å². The van der Waals surface area contributed by atoms with Crippen molar-refractivity contribution in [2.75, 3.05) is 0 Å². The summed E-state index contributed by atoms with van der Waals surface area (Å²) in [6.07, 6.45) is -1.04. The fourth-order valence-corrected chi connectivity index (χ4v) is 1.96. The maximum atomic E-state index is 12.2. The maximum absolute atomic E-state index is 12.2. The van der Waals surface area contributed by atoms with Crippen molar-refractivity contribution in [3.8, 4) is 17.2 Å². The Labute approximate surface area is 132 Å². The summed E-state index contributed by atoms with van der Waals surface area (Å²) in [6.45, 7) is 3.32. The average molecular weight is 316 g/mol. The molecular formula is C17H16O6. The lowest BCUT2D eigenvalue weighted by molar-refractivity contribution is 0.0318. The summed E-state index contributed by atoms with van der Waals surface area (Å²) in [6, 6.07) is 8.72. The molecule has 2 aromatic carbocycles. The summed E-state index contributed by atoms with van der Waals surface area (Å²) < 4.78 is 5.04. The molecule has 6 heteroatoms. The predicted octanol–water partition coefficient (Wildman–Crippen LogP) is 2.54. The molecule has 0 radical (unpaired) electrons. The highest BCUT2D eigenvalue weighted by molar-refractivity contribution is 6.01. The largest absolute Gasteiger partial charge is 0.504 e. The normalized spacial score (nSPS) is 11.7. The van der Waals surface area contributed by atoms with Gasteiger partial charge in [0.15, 0.2) is 23.4 Å². The monoisotopic (exact) mass is 316 g/mol. The van der Waals surface area contributed by atoms with Crippen LogP contribution in [0.25, 0.3) is 0 Å². The van der Waals surface area contributed by atoms with Gasteiger partial charge in [0.2, 0.25) is 5.78 Å². The highest BCUT2D eigenvalue weighted by Crippen LogP contribution is 2.35. The van der Waals surface area contributed by atoms with E-state index in [-0.39, 0.29) is 11.3 Å². The van der Waals surface area contributed by atoms with E-state index in [0.29, 0.717) is 5.56 Å². The predicted molar refractivity (Wildman–Crippen MR) is 81.8 cm³/mol. The molecule has 0 amide bonds. The summed E-state index contributed by atoms with van der Waals surface area (Å²) in [5, 5.41) is 28.0. The fourth-order valence-electron chi connectivity index (χ4n) is 1.96. The molecule has 120 valence electrons. The average Bonchev–Trinajstić information content (AvgIpc) is 2.52. The van der Waals surface area contributed by atoms with Gasteiger partial charge in [0.1, 0.15) is 0 Å². The molecule has 0 spiro atoms. The van der Waals surface area contributed by atoms with E-state index in [1.165, 1.54) is 6.92 Å². The second-order valence-electron chi connectivity index (χ2n) is 5.14. The third kappa shape index (κ3) is 3.60. The maximum Gasteiger partial charge on any atom is 0.339 e. The van der Waals surface area contributed by atoms with Gasteiger partial charge in [-0.25, -0.2) is 4.79 Å². The minimum atomic E-state index is -1.04. The van der Waals surface area contributed by atoms with Crippen LogP contribution in [0.4, 0.5) is 0 Å². The van der Waals surface area contributed by atoms with Crippen molar-refractivity contribution < 1.29 is 29.6 Å². The van der Waals surface area contributed by atoms with Crippen LogP contribution in [-0.4, -0.2) is 33.2 Å². The fraction of sp³-hybridized carbons (Fsp3) is 0.176. The zero-order valence-electron chi connectivity index (χ0n) is 12.6. The number of Topliss-reactive ketones (excluding diaryl/α,β-unsaturated/α-hetero) is 1. The van der Waals surface area contributed by atoms with Crippen molar-refractivity contribution in [3.05, 3.63) is 53.1 Å². The quantitative estimate of drug-likeness (QED) is 0.455. The van der Waals surface area contributed by atoms with E-state index < -0.39 is 29.3 Å². The molecule has 0 aromatic heterocycles. The highest BCUT2D eigenvalue weighted by Gasteiger charge is 2.22. The Morgan fingerprint density at radius 3 is 2.00 bits per heavy atom. The van der Waals surface area contributed by atoms with Crippen LogP contribution in [0.3, 0.4) is 0 Å². The lowest BCUT2D eigenvalue weighted by atomic mass is 10.1. The van der Waals surface area contributed by atoms with Gasteiger partial charge in [0.05, 0.1) is 5.56 Å². The molecule has 0 aliphatic rings. The summed E-state index contributed by atoms with van der Waals surface area (Å²) in [5.41, 5.74) is 1.23. The third-order valence-corrected chi connectivity index (χ3v) is 3.29. The molecule has 0 aliphatic carbocycles. The second kappa shape index (κ2) is 6.39. The number of aromatic hydroxyl groups is 3. The van der Waals surface area contributed by atoms with Gasteiger partial charge in [-0.1, -0.05) is 29.8 Å². The first-order chi connectivity index (χ1) is 10.8. The Balaban J connectivity index is 2.13. The Bertz CT molecular complexity index is 725. The first kappa shape index (κ1) is 16.4. The third-order valence-electron chi connectivity index (χ3n) is 3.29. The van der Waals surface area contributed by atoms with Crippen molar-refractivity contribution >= 4 is 11.8 Å². The van der Waals surface area contributed by atoms with Crippen molar-refractivity contribution in [1.82, 2.24) is 0 Å². The van der Waals surface area contributed by atoms with E-state index in [2.05, 4.69) is 0 Å². The smallest absolute Gasteiger partial charge is 0.339 e. The van der Waals surface area contributed by atoms with Crippen LogP contribution in [0.1, 0.15) is 33.2 Å². The van der Waals surface area contributed by atoms with E-state index >= 15 is 0 Å². The zero-order chi connectivity index (χ0) is 17.1. The minimum Gasteiger partial charge on any atom is -0.504 e. The summed E-state index contributed by atoms with van der Waals surface area (Å²) >= 11 is 0. The van der Waals surface area contributed by atoms with Gasteiger partial charge in [0.25, 0.3) is 0 Å². The Morgan fingerprint density at radius 2 is 1.48 bits per heavy atom. The molecule has 0 fully saturated rings. The second-order valence-corrected chi connectivity index (χ2v) is 5.14. The molecule has 2 rings (SSSR count). The molecule has 6 nitrogen and oxygen atoms in total. The number of rotatable bonds is 4. The molecule has 0 aliphatic heterocycles. The number of benzene rings is 2. The number of aryl methyl sites for hydroxylation is 1. The standard InChI is InChI=1S/C17H16O6/c1-9-3-5-11(6-4-9)15(20)10(2)23-17(22)12-7-13(18)16(21)14(19)8-12/h3-8,10,18-19,21H,1-2H3. The van der Waals surface area contributed by atoms with E-state index in [4.69, 9.17) is 4.74 Å². The summed E-state index contributed by atoms with van der Waals surface area (Å²) in [7, 11) is 0. The van der Waals surface area contributed by atoms with E-state index in [1.54, 1.807) is 24.3 Å². The SMILES string of the molecule is Cc1ccc(C(=O)C(C)OC(=O)c2cc(O)c(O)c(O)c2)cc1. The molecular weight excluding hydrogens is 300 g/mol. The lowest BCUT2D eigenvalue weighted by Gasteiger charge is -2.13. The molecule has 23 heavy (non-hydrogen) atoms. The Hall–Kier alpha value is -3.02. The number of carbonyl (C=O) groups is 2. The van der Waals surface area contributed by atoms with Crippen LogP contribution in [0.5, 0.6) is 17.2 Å². The van der Waals surface area contributed by atoms with Gasteiger partial charge >= 0.3 is 5.97 Å². The number of ketones is 1. The van der Waals surface area contributed by atoms with Crippen LogP contribution in [0.15, 0.2) is 36.4 Å². The molecule has 0 heterocycles.